The molecule has 0 atom stereocenters. The summed E-state index contributed by atoms with van der Waals surface area (Å²) in [6.07, 6.45) is 2.03. The first-order valence-corrected chi connectivity index (χ1v) is 8.31. The third-order valence-electron chi connectivity index (χ3n) is 4.00. The third kappa shape index (κ3) is 3.05. The van der Waals surface area contributed by atoms with Crippen molar-refractivity contribution in [3.63, 3.8) is 0 Å². The van der Waals surface area contributed by atoms with E-state index in [9.17, 15) is 4.79 Å². The molecule has 1 saturated heterocycles. The van der Waals surface area contributed by atoms with Gasteiger partial charge in [-0.1, -0.05) is 32.0 Å². The van der Waals surface area contributed by atoms with Crippen LogP contribution in [0.2, 0.25) is 0 Å². The maximum atomic E-state index is 11.5. The number of rotatable bonds is 2. The van der Waals surface area contributed by atoms with Crippen LogP contribution in [-0.4, -0.2) is 34.9 Å². The summed E-state index contributed by atoms with van der Waals surface area (Å²) < 4.78 is 0.299. The Hall–Kier alpha value is -1.55. The molecule has 2 heterocycles. The Kier molecular flexibility index (Phi) is 3.89. The molecule has 1 aliphatic heterocycles. The Bertz CT molecular complexity index is 669. The SMILES string of the molecule is CC1(C)CCN(c2nc3ccccc3cc2C=O)CCS1. The highest BCUT2D eigenvalue weighted by Gasteiger charge is 2.25. The molecule has 0 bridgehead atoms. The summed E-state index contributed by atoms with van der Waals surface area (Å²) in [4.78, 5) is 18.5. The predicted octanol–water partition coefficient (Wildman–Crippen LogP) is 3.77. The van der Waals surface area contributed by atoms with E-state index in [0.717, 1.165) is 48.3 Å². The Morgan fingerprint density at radius 1 is 1.29 bits per heavy atom. The van der Waals surface area contributed by atoms with Gasteiger partial charge < -0.3 is 4.90 Å². The minimum absolute atomic E-state index is 0.299. The molecule has 3 nitrogen and oxygen atoms in total. The number of thioether (sulfide) groups is 1. The molecule has 1 aromatic carbocycles. The van der Waals surface area contributed by atoms with Crippen molar-refractivity contribution in [2.24, 2.45) is 0 Å². The van der Waals surface area contributed by atoms with Crippen LogP contribution >= 0.6 is 11.8 Å². The minimum Gasteiger partial charge on any atom is -0.355 e. The van der Waals surface area contributed by atoms with Crippen LogP contribution in [0.25, 0.3) is 10.9 Å². The maximum Gasteiger partial charge on any atom is 0.153 e. The first kappa shape index (κ1) is 14.4. The molecule has 110 valence electrons. The van der Waals surface area contributed by atoms with Gasteiger partial charge in [0.1, 0.15) is 5.82 Å². The van der Waals surface area contributed by atoms with E-state index in [1.54, 1.807) is 0 Å². The van der Waals surface area contributed by atoms with Crippen molar-refractivity contribution in [1.29, 1.82) is 0 Å². The number of nitrogens with zero attached hydrogens (tertiary/aromatic N) is 2. The molecule has 4 heteroatoms. The number of fused-ring (bicyclic) bond motifs is 1. The van der Waals surface area contributed by atoms with Gasteiger partial charge in [0.05, 0.1) is 11.1 Å². The Morgan fingerprint density at radius 3 is 2.90 bits per heavy atom. The average molecular weight is 300 g/mol. The summed E-state index contributed by atoms with van der Waals surface area (Å²) in [5.41, 5.74) is 1.65. The second-order valence-electron chi connectivity index (χ2n) is 6.06. The Labute approximate surface area is 129 Å². The molecule has 1 fully saturated rings. The lowest BCUT2D eigenvalue weighted by atomic mass is 10.1. The first-order chi connectivity index (χ1) is 10.1. The molecule has 0 spiro atoms. The third-order valence-corrected chi connectivity index (χ3v) is 5.37. The summed E-state index contributed by atoms with van der Waals surface area (Å²) in [7, 11) is 0. The van der Waals surface area contributed by atoms with Crippen LogP contribution in [0, 0.1) is 0 Å². The fourth-order valence-electron chi connectivity index (χ4n) is 2.69. The van der Waals surface area contributed by atoms with Crippen molar-refractivity contribution >= 4 is 34.8 Å². The van der Waals surface area contributed by atoms with E-state index in [-0.39, 0.29) is 0 Å². The smallest absolute Gasteiger partial charge is 0.153 e. The van der Waals surface area contributed by atoms with E-state index in [1.807, 2.05) is 42.1 Å². The van der Waals surface area contributed by atoms with Gasteiger partial charge in [0.25, 0.3) is 0 Å². The van der Waals surface area contributed by atoms with Crippen molar-refractivity contribution in [3.05, 3.63) is 35.9 Å². The Balaban J connectivity index is 2.00. The van der Waals surface area contributed by atoms with Gasteiger partial charge in [-0.25, -0.2) is 4.98 Å². The van der Waals surface area contributed by atoms with Crippen LogP contribution in [0.3, 0.4) is 0 Å². The zero-order valence-electron chi connectivity index (χ0n) is 12.5. The number of carbonyl (C=O) groups is 1. The molecule has 3 rings (SSSR count). The molecular weight excluding hydrogens is 280 g/mol. The van der Waals surface area contributed by atoms with Gasteiger partial charge in [-0.2, -0.15) is 11.8 Å². The monoisotopic (exact) mass is 300 g/mol. The van der Waals surface area contributed by atoms with E-state index in [2.05, 4.69) is 18.7 Å². The summed E-state index contributed by atoms with van der Waals surface area (Å²) in [6.45, 7) is 6.47. The molecule has 0 aliphatic carbocycles. The molecule has 0 amide bonds. The fraction of sp³-hybridized carbons (Fsp3) is 0.412. The lowest BCUT2D eigenvalue weighted by molar-refractivity contribution is 0.112. The lowest BCUT2D eigenvalue weighted by Crippen LogP contribution is -2.28. The first-order valence-electron chi connectivity index (χ1n) is 7.33. The van der Waals surface area contributed by atoms with Crippen LogP contribution in [0.15, 0.2) is 30.3 Å². The van der Waals surface area contributed by atoms with Crippen LogP contribution in [-0.2, 0) is 0 Å². The number of aldehydes is 1. The second-order valence-corrected chi connectivity index (χ2v) is 7.86. The van der Waals surface area contributed by atoms with Gasteiger partial charge >= 0.3 is 0 Å². The summed E-state index contributed by atoms with van der Waals surface area (Å²) in [5, 5.41) is 1.02. The van der Waals surface area contributed by atoms with Gasteiger partial charge in [-0.05, 0) is 18.6 Å². The number of hydrogen-bond donors (Lipinski definition) is 0. The number of benzene rings is 1. The maximum absolute atomic E-state index is 11.5. The number of carbonyl (C=O) groups excluding carboxylic acids is 1. The number of hydrogen-bond acceptors (Lipinski definition) is 4. The Morgan fingerprint density at radius 2 is 2.10 bits per heavy atom. The largest absolute Gasteiger partial charge is 0.355 e. The van der Waals surface area contributed by atoms with Gasteiger partial charge in [0, 0.05) is 29.0 Å². The van der Waals surface area contributed by atoms with Gasteiger partial charge in [0.15, 0.2) is 6.29 Å². The van der Waals surface area contributed by atoms with E-state index in [4.69, 9.17) is 4.98 Å². The normalized spacial score (nSPS) is 18.5. The molecular formula is C17H20N2OS. The molecule has 0 N–H and O–H groups in total. The van der Waals surface area contributed by atoms with Crippen molar-refractivity contribution in [1.82, 2.24) is 4.98 Å². The topological polar surface area (TPSA) is 33.2 Å². The molecule has 1 aliphatic rings. The van der Waals surface area contributed by atoms with Gasteiger partial charge in [-0.3, -0.25) is 4.79 Å². The van der Waals surface area contributed by atoms with Crippen molar-refractivity contribution in [2.45, 2.75) is 25.0 Å². The highest BCUT2D eigenvalue weighted by Crippen LogP contribution is 2.33. The molecule has 21 heavy (non-hydrogen) atoms. The zero-order valence-corrected chi connectivity index (χ0v) is 13.3. The molecule has 0 radical (unpaired) electrons. The van der Waals surface area contributed by atoms with E-state index in [0.29, 0.717) is 10.3 Å². The highest BCUT2D eigenvalue weighted by atomic mass is 32.2. The standard InChI is InChI=1S/C17H20N2OS/c1-17(2)7-8-19(9-10-21-17)16-14(12-20)11-13-5-3-4-6-15(13)18-16/h3-6,11-12H,7-10H2,1-2H3. The van der Waals surface area contributed by atoms with Crippen molar-refractivity contribution < 1.29 is 4.79 Å². The molecule has 1 aromatic heterocycles. The van der Waals surface area contributed by atoms with Crippen LogP contribution in [0.5, 0.6) is 0 Å². The number of pyridine rings is 1. The van der Waals surface area contributed by atoms with Crippen LogP contribution in [0.1, 0.15) is 30.6 Å². The van der Waals surface area contributed by atoms with Gasteiger partial charge in [-0.15, -0.1) is 0 Å². The second kappa shape index (κ2) is 5.68. The van der Waals surface area contributed by atoms with Crippen molar-refractivity contribution in [3.8, 4) is 0 Å². The van der Waals surface area contributed by atoms with E-state index < -0.39 is 0 Å². The minimum atomic E-state index is 0.299. The fourth-order valence-corrected chi connectivity index (χ4v) is 3.79. The van der Waals surface area contributed by atoms with Gasteiger partial charge in [0.2, 0.25) is 0 Å². The van der Waals surface area contributed by atoms with E-state index >= 15 is 0 Å². The van der Waals surface area contributed by atoms with Crippen LogP contribution in [0.4, 0.5) is 5.82 Å². The van der Waals surface area contributed by atoms with Crippen molar-refractivity contribution in [2.75, 3.05) is 23.7 Å². The average Bonchev–Trinajstić information content (AvgIpc) is 2.66. The summed E-state index contributed by atoms with van der Waals surface area (Å²) in [5.74, 6) is 1.90. The quantitative estimate of drug-likeness (QED) is 0.791. The van der Waals surface area contributed by atoms with E-state index in [1.165, 1.54) is 0 Å². The summed E-state index contributed by atoms with van der Waals surface area (Å²) in [6, 6.07) is 9.92. The number of anilines is 1. The molecule has 0 saturated carbocycles. The predicted molar refractivity (Wildman–Crippen MR) is 90.5 cm³/mol. The summed E-state index contributed by atoms with van der Waals surface area (Å²) >= 11 is 2.00. The molecule has 2 aromatic rings. The molecule has 0 unspecified atom stereocenters. The highest BCUT2D eigenvalue weighted by molar-refractivity contribution is 8.00. The lowest BCUT2D eigenvalue weighted by Gasteiger charge is -2.24. The zero-order chi connectivity index (χ0) is 14.9. The van der Waals surface area contributed by atoms with Crippen LogP contribution < -0.4 is 4.90 Å². The number of aromatic nitrogens is 1. The number of para-hydroxylation sites is 1.